The van der Waals surface area contributed by atoms with E-state index in [1.165, 1.54) is 0 Å². The fourth-order valence-electron chi connectivity index (χ4n) is 4.26. The van der Waals surface area contributed by atoms with E-state index in [0.29, 0.717) is 50.7 Å². The van der Waals surface area contributed by atoms with E-state index in [-0.39, 0.29) is 11.8 Å². The highest BCUT2D eigenvalue weighted by Gasteiger charge is 2.27. The van der Waals surface area contributed by atoms with Gasteiger partial charge in [-0.2, -0.15) is 0 Å². The van der Waals surface area contributed by atoms with Crippen molar-refractivity contribution in [3.63, 3.8) is 0 Å². The van der Waals surface area contributed by atoms with Gasteiger partial charge in [0.25, 0.3) is 5.91 Å². The summed E-state index contributed by atoms with van der Waals surface area (Å²) in [7, 11) is 0. The molecule has 0 radical (unpaired) electrons. The summed E-state index contributed by atoms with van der Waals surface area (Å²) in [6.45, 7) is 9.20. The number of rotatable bonds is 7. The Balaban J connectivity index is 1.35. The van der Waals surface area contributed by atoms with Gasteiger partial charge in [0.15, 0.2) is 5.76 Å². The highest BCUT2D eigenvalue weighted by atomic mass is 16.5. The maximum atomic E-state index is 13.1. The molecule has 2 aromatic carbocycles. The summed E-state index contributed by atoms with van der Waals surface area (Å²) in [6, 6.07) is 13.5. The number of piperazine rings is 1. The van der Waals surface area contributed by atoms with Crippen molar-refractivity contribution in [3.05, 3.63) is 59.4 Å². The van der Waals surface area contributed by atoms with Crippen LogP contribution < -0.4 is 10.1 Å². The van der Waals surface area contributed by atoms with Gasteiger partial charge in [0.1, 0.15) is 11.3 Å². The van der Waals surface area contributed by atoms with Crippen molar-refractivity contribution in [2.24, 2.45) is 0 Å². The van der Waals surface area contributed by atoms with Gasteiger partial charge in [-0.3, -0.25) is 14.5 Å². The van der Waals surface area contributed by atoms with Crippen molar-refractivity contribution in [2.75, 3.05) is 44.6 Å². The minimum Gasteiger partial charge on any atom is -0.494 e. The van der Waals surface area contributed by atoms with Gasteiger partial charge in [-0.25, -0.2) is 0 Å². The molecule has 3 aromatic rings. The molecule has 0 aliphatic carbocycles. The van der Waals surface area contributed by atoms with Gasteiger partial charge < -0.3 is 19.4 Å². The third kappa shape index (κ3) is 5.03. The second-order valence-electron chi connectivity index (χ2n) is 8.27. The summed E-state index contributed by atoms with van der Waals surface area (Å²) < 4.78 is 11.5. The molecule has 0 atom stereocenters. The molecular formula is C26H31N3O4. The van der Waals surface area contributed by atoms with Crippen LogP contribution in [0.5, 0.6) is 5.75 Å². The maximum Gasteiger partial charge on any atom is 0.289 e. The molecule has 174 valence electrons. The van der Waals surface area contributed by atoms with Crippen molar-refractivity contribution >= 4 is 28.5 Å². The number of carbonyl (C=O) groups is 2. The van der Waals surface area contributed by atoms with Gasteiger partial charge in [-0.15, -0.1) is 0 Å². The first-order chi connectivity index (χ1) is 16.0. The number of fused-ring (bicyclic) bond motifs is 1. The fraction of sp³-hybridized carbons (Fsp3) is 0.385. The van der Waals surface area contributed by atoms with Crippen LogP contribution in [0.25, 0.3) is 11.0 Å². The molecule has 0 bridgehead atoms. The van der Waals surface area contributed by atoms with Gasteiger partial charge in [-0.05, 0) is 50.1 Å². The van der Waals surface area contributed by atoms with E-state index >= 15 is 0 Å². The molecule has 1 saturated heterocycles. The lowest BCUT2D eigenvalue weighted by molar-refractivity contribution is -0.117. The summed E-state index contributed by atoms with van der Waals surface area (Å²) in [4.78, 5) is 29.6. The number of benzene rings is 2. The van der Waals surface area contributed by atoms with E-state index in [1.54, 1.807) is 4.90 Å². The Kier molecular flexibility index (Phi) is 6.99. The Morgan fingerprint density at radius 1 is 1.06 bits per heavy atom. The van der Waals surface area contributed by atoms with Crippen molar-refractivity contribution in [3.8, 4) is 5.75 Å². The van der Waals surface area contributed by atoms with Gasteiger partial charge in [0.2, 0.25) is 5.91 Å². The van der Waals surface area contributed by atoms with E-state index in [1.807, 2.05) is 56.3 Å². The number of nitrogens with one attached hydrogen (secondary N) is 1. The van der Waals surface area contributed by atoms with Crippen LogP contribution in [0.1, 0.15) is 35.5 Å². The minimum atomic E-state index is -0.109. The molecule has 0 unspecified atom stereocenters. The monoisotopic (exact) mass is 449 g/mol. The van der Waals surface area contributed by atoms with Gasteiger partial charge >= 0.3 is 0 Å². The van der Waals surface area contributed by atoms with Crippen LogP contribution in [-0.2, 0) is 11.2 Å². The van der Waals surface area contributed by atoms with E-state index in [2.05, 4.69) is 17.1 Å². The van der Waals surface area contributed by atoms with Gasteiger partial charge in [-0.1, -0.05) is 25.1 Å². The Hall–Kier alpha value is -3.32. The molecular weight excluding hydrogens is 418 g/mol. The smallest absolute Gasteiger partial charge is 0.289 e. The standard InChI is InChI=1S/C26H31N3O4/c1-4-19-8-6-7-9-22(19)27-24(30)17-28-12-14-29(15-13-28)26(31)25-18(3)21-16-20(32-5-2)10-11-23(21)33-25/h6-11,16H,4-5,12-15,17H2,1-3H3,(H,27,30). The molecule has 0 saturated carbocycles. The molecule has 7 heteroatoms. The second kappa shape index (κ2) is 10.1. The molecule has 1 aromatic heterocycles. The molecule has 2 amide bonds. The van der Waals surface area contributed by atoms with E-state index in [0.717, 1.165) is 34.4 Å². The van der Waals surface area contributed by atoms with Crippen LogP contribution in [-0.4, -0.2) is 60.9 Å². The van der Waals surface area contributed by atoms with Crippen LogP contribution in [0.15, 0.2) is 46.9 Å². The molecule has 1 aliphatic rings. The Morgan fingerprint density at radius 3 is 2.55 bits per heavy atom. The van der Waals surface area contributed by atoms with Crippen LogP contribution >= 0.6 is 0 Å². The predicted octanol–water partition coefficient (Wildman–Crippen LogP) is 4.10. The topological polar surface area (TPSA) is 75.0 Å². The van der Waals surface area contributed by atoms with Crippen molar-refractivity contribution in [1.82, 2.24) is 9.80 Å². The summed E-state index contributed by atoms with van der Waals surface area (Å²) in [5, 5.41) is 3.91. The predicted molar refractivity (Wildman–Crippen MR) is 129 cm³/mol. The zero-order valence-corrected chi connectivity index (χ0v) is 19.5. The first-order valence-electron chi connectivity index (χ1n) is 11.6. The number of hydrogen-bond donors (Lipinski definition) is 1. The zero-order chi connectivity index (χ0) is 23.4. The molecule has 33 heavy (non-hydrogen) atoms. The van der Waals surface area contributed by atoms with E-state index < -0.39 is 0 Å². The average Bonchev–Trinajstić information content (AvgIpc) is 3.15. The maximum absolute atomic E-state index is 13.1. The quantitative estimate of drug-likeness (QED) is 0.588. The first-order valence-corrected chi connectivity index (χ1v) is 11.6. The van der Waals surface area contributed by atoms with Crippen LogP contribution in [0, 0.1) is 6.92 Å². The van der Waals surface area contributed by atoms with Crippen molar-refractivity contribution < 1.29 is 18.7 Å². The van der Waals surface area contributed by atoms with E-state index in [4.69, 9.17) is 9.15 Å². The number of ether oxygens (including phenoxy) is 1. The Labute approximate surface area is 194 Å². The summed E-state index contributed by atoms with van der Waals surface area (Å²) in [5.41, 5.74) is 3.50. The number of amides is 2. The minimum absolute atomic E-state index is 0.0334. The van der Waals surface area contributed by atoms with E-state index in [9.17, 15) is 9.59 Å². The van der Waals surface area contributed by atoms with Crippen molar-refractivity contribution in [1.29, 1.82) is 0 Å². The molecule has 1 N–H and O–H groups in total. The number of furan rings is 1. The molecule has 0 spiro atoms. The van der Waals surface area contributed by atoms with Crippen molar-refractivity contribution in [2.45, 2.75) is 27.2 Å². The molecule has 2 heterocycles. The van der Waals surface area contributed by atoms with Crippen LogP contribution in [0.4, 0.5) is 5.69 Å². The Bertz CT molecular complexity index is 1150. The summed E-state index contributed by atoms with van der Waals surface area (Å²) in [6.07, 6.45) is 0.866. The highest BCUT2D eigenvalue weighted by molar-refractivity contribution is 5.99. The lowest BCUT2D eigenvalue weighted by atomic mass is 10.1. The number of hydrogen-bond acceptors (Lipinski definition) is 5. The zero-order valence-electron chi connectivity index (χ0n) is 19.5. The molecule has 7 nitrogen and oxygen atoms in total. The third-order valence-corrected chi connectivity index (χ3v) is 6.11. The number of anilines is 1. The summed E-state index contributed by atoms with van der Waals surface area (Å²) >= 11 is 0. The number of carbonyl (C=O) groups excluding carboxylic acids is 2. The SMILES string of the molecule is CCOc1ccc2oc(C(=O)N3CCN(CC(=O)Nc4ccccc4CC)CC3)c(C)c2c1. The second-order valence-corrected chi connectivity index (χ2v) is 8.27. The number of aryl methyl sites for hydroxylation is 2. The number of para-hydroxylation sites is 1. The Morgan fingerprint density at radius 2 is 1.82 bits per heavy atom. The molecule has 1 fully saturated rings. The first kappa shape index (κ1) is 22.9. The van der Waals surface area contributed by atoms with Crippen LogP contribution in [0.3, 0.4) is 0 Å². The lowest BCUT2D eigenvalue weighted by Crippen LogP contribution is -2.50. The largest absolute Gasteiger partial charge is 0.494 e. The fourth-order valence-corrected chi connectivity index (χ4v) is 4.26. The van der Waals surface area contributed by atoms with Gasteiger partial charge in [0.05, 0.1) is 13.2 Å². The molecule has 4 rings (SSSR count). The summed E-state index contributed by atoms with van der Waals surface area (Å²) in [5.74, 6) is 0.999. The lowest BCUT2D eigenvalue weighted by Gasteiger charge is -2.34. The normalized spacial score (nSPS) is 14.5. The number of nitrogens with zero attached hydrogens (tertiary/aromatic N) is 2. The molecule has 1 aliphatic heterocycles. The van der Waals surface area contributed by atoms with Gasteiger partial charge in [0, 0.05) is 42.8 Å². The van der Waals surface area contributed by atoms with Crippen LogP contribution in [0.2, 0.25) is 0 Å². The average molecular weight is 450 g/mol. The highest BCUT2D eigenvalue weighted by Crippen LogP contribution is 2.30. The third-order valence-electron chi connectivity index (χ3n) is 6.11.